The summed E-state index contributed by atoms with van der Waals surface area (Å²) in [5.74, 6) is -0.868. The molecule has 0 aliphatic carbocycles. The summed E-state index contributed by atoms with van der Waals surface area (Å²) in [6.45, 7) is 6.63. The molecular weight excluding hydrogens is 757 g/mol. The van der Waals surface area contributed by atoms with E-state index >= 15 is 0 Å². The van der Waals surface area contributed by atoms with Crippen molar-refractivity contribution in [3.05, 3.63) is 24.3 Å². The first-order valence-electron chi connectivity index (χ1n) is 26.8. The number of carbonyl (C=O) groups is 3. The van der Waals surface area contributed by atoms with Crippen LogP contribution in [-0.2, 0) is 28.6 Å². The zero-order valence-corrected chi connectivity index (χ0v) is 40.9. The predicted octanol–water partition coefficient (Wildman–Crippen LogP) is 17.5. The second kappa shape index (κ2) is 50.5. The molecule has 6 nitrogen and oxygen atoms in total. The normalized spacial score (nSPS) is 12.1. The highest BCUT2D eigenvalue weighted by Crippen LogP contribution is 2.16. The average Bonchev–Trinajstić information content (AvgIpc) is 3.26. The van der Waals surface area contributed by atoms with Gasteiger partial charge in [-0.1, -0.05) is 244 Å². The summed E-state index contributed by atoms with van der Waals surface area (Å²) in [5.41, 5.74) is 0. The first kappa shape index (κ1) is 58.9. The van der Waals surface area contributed by atoms with Gasteiger partial charge in [-0.05, 0) is 51.4 Å². The zero-order chi connectivity index (χ0) is 44.4. The molecule has 0 fully saturated rings. The second-order valence-corrected chi connectivity index (χ2v) is 18.2. The van der Waals surface area contributed by atoms with Crippen molar-refractivity contribution in [2.75, 3.05) is 13.2 Å². The Labute approximate surface area is 379 Å². The molecule has 0 aromatic heterocycles. The minimum atomic E-state index is -0.770. The number of allylic oxidation sites excluding steroid dienone is 4. The topological polar surface area (TPSA) is 78.9 Å². The number of hydrogen-bond donors (Lipinski definition) is 0. The molecular formula is C55H102O6. The van der Waals surface area contributed by atoms with Gasteiger partial charge in [0.1, 0.15) is 13.2 Å². The maximum Gasteiger partial charge on any atom is 0.306 e. The molecule has 0 rings (SSSR count). The van der Waals surface area contributed by atoms with E-state index in [9.17, 15) is 14.4 Å². The molecule has 0 aromatic carbocycles. The van der Waals surface area contributed by atoms with E-state index in [1.165, 1.54) is 173 Å². The Bertz CT molecular complexity index is 989. The third-order valence-corrected chi connectivity index (χ3v) is 12.0. The van der Waals surface area contributed by atoms with Crippen molar-refractivity contribution >= 4 is 17.9 Å². The Balaban J connectivity index is 4.35. The van der Waals surface area contributed by atoms with Gasteiger partial charge in [0.05, 0.1) is 0 Å². The zero-order valence-electron chi connectivity index (χ0n) is 40.9. The van der Waals surface area contributed by atoms with Gasteiger partial charge in [0, 0.05) is 19.3 Å². The van der Waals surface area contributed by atoms with Gasteiger partial charge in [-0.15, -0.1) is 0 Å². The van der Waals surface area contributed by atoms with Gasteiger partial charge in [-0.25, -0.2) is 0 Å². The minimum absolute atomic E-state index is 0.0706. The van der Waals surface area contributed by atoms with Crippen molar-refractivity contribution in [2.45, 2.75) is 297 Å². The fourth-order valence-corrected chi connectivity index (χ4v) is 7.89. The number of carbonyl (C=O) groups excluding carboxylic acids is 3. The number of hydrogen-bond acceptors (Lipinski definition) is 6. The van der Waals surface area contributed by atoms with Crippen molar-refractivity contribution in [1.82, 2.24) is 0 Å². The summed E-state index contributed by atoms with van der Waals surface area (Å²) in [7, 11) is 0. The van der Waals surface area contributed by atoms with Gasteiger partial charge in [0.15, 0.2) is 6.10 Å². The fourth-order valence-electron chi connectivity index (χ4n) is 7.89. The number of unbranched alkanes of at least 4 members (excludes halogenated alkanes) is 34. The van der Waals surface area contributed by atoms with E-state index < -0.39 is 6.10 Å². The van der Waals surface area contributed by atoms with Gasteiger partial charge in [-0.3, -0.25) is 14.4 Å². The molecule has 0 bridgehead atoms. The first-order valence-corrected chi connectivity index (χ1v) is 26.8. The Hall–Kier alpha value is -2.11. The molecule has 0 spiro atoms. The van der Waals surface area contributed by atoms with Gasteiger partial charge in [0.2, 0.25) is 0 Å². The summed E-state index contributed by atoms with van der Waals surface area (Å²) in [5, 5.41) is 0. The van der Waals surface area contributed by atoms with Crippen LogP contribution < -0.4 is 0 Å². The lowest BCUT2D eigenvalue weighted by molar-refractivity contribution is -0.167. The van der Waals surface area contributed by atoms with Crippen LogP contribution in [0.15, 0.2) is 24.3 Å². The summed E-state index contributed by atoms with van der Waals surface area (Å²) >= 11 is 0. The molecule has 0 aliphatic heterocycles. The van der Waals surface area contributed by atoms with Gasteiger partial charge in [-0.2, -0.15) is 0 Å². The first-order chi connectivity index (χ1) is 30.0. The molecule has 0 N–H and O–H groups in total. The fraction of sp³-hybridized carbons (Fsp3) is 0.873. The minimum Gasteiger partial charge on any atom is -0.462 e. The van der Waals surface area contributed by atoms with E-state index in [2.05, 4.69) is 45.1 Å². The molecule has 0 heterocycles. The molecule has 358 valence electrons. The highest BCUT2D eigenvalue weighted by Gasteiger charge is 2.19. The number of ether oxygens (including phenoxy) is 3. The van der Waals surface area contributed by atoms with E-state index in [1.54, 1.807) is 0 Å². The van der Waals surface area contributed by atoms with Crippen LogP contribution >= 0.6 is 0 Å². The molecule has 61 heavy (non-hydrogen) atoms. The highest BCUT2D eigenvalue weighted by molar-refractivity contribution is 5.71. The van der Waals surface area contributed by atoms with Crippen molar-refractivity contribution in [1.29, 1.82) is 0 Å². The molecule has 0 unspecified atom stereocenters. The number of rotatable bonds is 49. The van der Waals surface area contributed by atoms with Crippen molar-refractivity contribution < 1.29 is 28.6 Å². The molecule has 6 heteroatoms. The molecule has 1 atom stereocenters. The molecule has 0 radical (unpaired) electrons. The second-order valence-electron chi connectivity index (χ2n) is 18.2. The quantitative estimate of drug-likeness (QED) is 0.0262. The summed E-state index contributed by atoms with van der Waals surface area (Å²) in [4.78, 5) is 38.0. The van der Waals surface area contributed by atoms with Gasteiger partial charge in [0.25, 0.3) is 0 Å². The van der Waals surface area contributed by atoms with Crippen LogP contribution in [0.3, 0.4) is 0 Å². The van der Waals surface area contributed by atoms with Crippen LogP contribution in [0.4, 0.5) is 0 Å². The monoisotopic (exact) mass is 859 g/mol. The highest BCUT2D eigenvalue weighted by atomic mass is 16.6. The summed E-state index contributed by atoms with van der Waals surface area (Å²) in [6, 6.07) is 0. The standard InChI is InChI=1S/C55H102O6/c1-4-7-10-13-16-19-22-25-27-30-33-36-39-42-45-48-54(57)60-51-52(50-59-53(56)47-44-41-38-35-32-29-24-21-18-15-12-9-6-3)61-55(58)49-46-43-40-37-34-31-28-26-23-20-17-14-11-8-5-2/h16,19,25,27,52H,4-15,17-18,20-24,26,28-51H2,1-3H3/b19-16-,27-25-/t52-/m1/s1. The average molecular weight is 859 g/mol. The lowest BCUT2D eigenvalue weighted by Crippen LogP contribution is -2.30. The SMILES string of the molecule is CCCCC/C=C\C/C=C\CCCCCCCC(=O)OC[C@@H](COC(=O)CCCCCCCCCCCCCCC)OC(=O)CCCCCCCCCCCCCCCCC. The van der Waals surface area contributed by atoms with Crippen molar-refractivity contribution in [3.63, 3.8) is 0 Å². The lowest BCUT2D eigenvalue weighted by atomic mass is 10.0. The summed E-state index contributed by atoms with van der Waals surface area (Å²) < 4.78 is 16.8. The molecule has 0 saturated carbocycles. The number of esters is 3. The van der Waals surface area contributed by atoms with Crippen LogP contribution in [0.25, 0.3) is 0 Å². The Kier molecular flexibility index (Phi) is 48.8. The van der Waals surface area contributed by atoms with Crippen molar-refractivity contribution in [3.8, 4) is 0 Å². The van der Waals surface area contributed by atoms with Crippen LogP contribution in [0.1, 0.15) is 290 Å². The molecule has 0 saturated heterocycles. The largest absolute Gasteiger partial charge is 0.462 e. The maximum atomic E-state index is 12.8. The van der Waals surface area contributed by atoms with Crippen LogP contribution in [0, 0.1) is 0 Å². The lowest BCUT2D eigenvalue weighted by Gasteiger charge is -2.18. The van der Waals surface area contributed by atoms with E-state index in [1.807, 2.05) is 0 Å². The van der Waals surface area contributed by atoms with E-state index in [0.29, 0.717) is 19.3 Å². The van der Waals surface area contributed by atoms with E-state index in [-0.39, 0.29) is 31.1 Å². The smallest absolute Gasteiger partial charge is 0.306 e. The Morgan fingerprint density at radius 3 is 0.934 bits per heavy atom. The van der Waals surface area contributed by atoms with E-state index in [0.717, 1.165) is 77.0 Å². The van der Waals surface area contributed by atoms with Crippen LogP contribution in [-0.4, -0.2) is 37.2 Å². The Morgan fingerprint density at radius 2 is 0.590 bits per heavy atom. The third-order valence-electron chi connectivity index (χ3n) is 12.0. The van der Waals surface area contributed by atoms with Crippen LogP contribution in [0.5, 0.6) is 0 Å². The predicted molar refractivity (Wildman–Crippen MR) is 261 cm³/mol. The summed E-state index contributed by atoms with van der Waals surface area (Å²) in [6.07, 6.45) is 57.3. The molecule has 0 amide bonds. The molecule has 0 aliphatic rings. The third kappa shape index (κ3) is 48.8. The maximum absolute atomic E-state index is 12.8. The van der Waals surface area contributed by atoms with E-state index in [4.69, 9.17) is 14.2 Å². The van der Waals surface area contributed by atoms with Crippen LogP contribution in [0.2, 0.25) is 0 Å². The Morgan fingerprint density at radius 1 is 0.328 bits per heavy atom. The van der Waals surface area contributed by atoms with Gasteiger partial charge >= 0.3 is 17.9 Å². The molecule has 0 aromatic rings. The van der Waals surface area contributed by atoms with Gasteiger partial charge < -0.3 is 14.2 Å². The van der Waals surface area contributed by atoms with Crippen molar-refractivity contribution in [2.24, 2.45) is 0 Å².